The highest BCUT2D eigenvalue weighted by atomic mass is 19.4. The Balaban J connectivity index is 1.65. The monoisotopic (exact) mass is 419 g/mol. The Morgan fingerprint density at radius 3 is 2.70 bits per heavy atom. The smallest absolute Gasteiger partial charge is 0.351 e. The summed E-state index contributed by atoms with van der Waals surface area (Å²) in [6.45, 7) is 2.51. The van der Waals surface area contributed by atoms with E-state index in [9.17, 15) is 18.0 Å². The van der Waals surface area contributed by atoms with E-state index in [2.05, 4.69) is 20.3 Å². The van der Waals surface area contributed by atoms with Crippen LogP contribution in [0.2, 0.25) is 0 Å². The summed E-state index contributed by atoms with van der Waals surface area (Å²) in [7, 11) is 0. The molecule has 4 rings (SSSR count). The zero-order chi connectivity index (χ0) is 21.3. The lowest BCUT2D eigenvalue weighted by molar-refractivity contribution is -0.137. The maximum atomic E-state index is 13.0. The fourth-order valence-electron chi connectivity index (χ4n) is 4.00. The number of imidazole rings is 1. The van der Waals surface area contributed by atoms with Crippen molar-refractivity contribution in [2.24, 2.45) is 0 Å². The molecule has 1 fully saturated rings. The number of aromatic nitrogens is 4. The van der Waals surface area contributed by atoms with Gasteiger partial charge in [0, 0.05) is 19.0 Å². The summed E-state index contributed by atoms with van der Waals surface area (Å²) in [5, 5.41) is 3.04. The molecule has 3 aromatic rings. The number of halogens is 3. The molecule has 2 aromatic heterocycles. The van der Waals surface area contributed by atoms with Gasteiger partial charge in [0.2, 0.25) is 5.95 Å². The van der Waals surface area contributed by atoms with Gasteiger partial charge in [-0.2, -0.15) is 18.2 Å². The molecular formula is C21H24F3N5O. The van der Waals surface area contributed by atoms with Crippen LogP contribution in [0.1, 0.15) is 61.9 Å². The fourth-order valence-corrected chi connectivity index (χ4v) is 4.00. The number of nitrogens with one attached hydrogen (secondary N) is 2. The second-order valence-corrected chi connectivity index (χ2v) is 7.75. The van der Waals surface area contributed by atoms with Crippen molar-refractivity contribution >= 4 is 17.1 Å². The van der Waals surface area contributed by atoms with Gasteiger partial charge in [0.15, 0.2) is 11.2 Å². The SMILES string of the molecule is CCCn1c(NCc2cccc(C(F)(F)F)c2)nc2nc(C3CCCC3)[nH]c2c1=O. The van der Waals surface area contributed by atoms with Gasteiger partial charge in [-0.05, 0) is 37.0 Å². The predicted molar refractivity (Wildman–Crippen MR) is 108 cm³/mol. The van der Waals surface area contributed by atoms with E-state index in [-0.39, 0.29) is 12.1 Å². The highest BCUT2D eigenvalue weighted by Crippen LogP contribution is 2.33. The van der Waals surface area contributed by atoms with E-state index in [1.165, 1.54) is 10.6 Å². The van der Waals surface area contributed by atoms with E-state index >= 15 is 0 Å². The molecule has 30 heavy (non-hydrogen) atoms. The Hall–Kier alpha value is -2.84. The Bertz CT molecular complexity index is 1100. The molecule has 2 heterocycles. The van der Waals surface area contributed by atoms with E-state index in [1.54, 1.807) is 6.07 Å². The van der Waals surface area contributed by atoms with Crippen LogP contribution < -0.4 is 10.9 Å². The maximum absolute atomic E-state index is 13.0. The summed E-state index contributed by atoms with van der Waals surface area (Å²) in [4.78, 5) is 25.3. The summed E-state index contributed by atoms with van der Waals surface area (Å²) < 4.78 is 40.4. The third kappa shape index (κ3) is 4.06. The van der Waals surface area contributed by atoms with Gasteiger partial charge in [-0.3, -0.25) is 9.36 Å². The second kappa shape index (κ2) is 8.12. The molecule has 1 aliphatic rings. The number of hydrogen-bond donors (Lipinski definition) is 2. The molecule has 0 unspecified atom stereocenters. The normalized spacial score (nSPS) is 15.2. The fraction of sp³-hybridized carbons (Fsp3) is 0.476. The number of hydrogen-bond acceptors (Lipinski definition) is 4. The Labute approximate surface area is 171 Å². The van der Waals surface area contributed by atoms with Crippen LogP contribution in [0.5, 0.6) is 0 Å². The van der Waals surface area contributed by atoms with Crippen LogP contribution in [0.3, 0.4) is 0 Å². The number of alkyl halides is 3. The van der Waals surface area contributed by atoms with Gasteiger partial charge in [0.1, 0.15) is 5.82 Å². The zero-order valence-corrected chi connectivity index (χ0v) is 16.7. The zero-order valence-electron chi connectivity index (χ0n) is 16.7. The van der Waals surface area contributed by atoms with Crippen LogP contribution in [0.25, 0.3) is 11.2 Å². The molecular weight excluding hydrogens is 395 g/mol. The van der Waals surface area contributed by atoms with Crippen molar-refractivity contribution in [2.45, 2.75) is 64.2 Å². The second-order valence-electron chi connectivity index (χ2n) is 7.75. The summed E-state index contributed by atoms with van der Waals surface area (Å²) in [6.07, 6.45) is 0.712. The number of fused-ring (bicyclic) bond motifs is 1. The van der Waals surface area contributed by atoms with Crippen molar-refractivity contribution in [3.05, 3.63) is 51.6 Å². The highest BCUT2D eigenvalue weighted by molar-refractivity contribution is 5.71. The molecule has 1 aliphatic carbocycles. The first kappa shape index (κ1) is 20.4. The Morgan fingerprint density at radius 2 is 2.00 bits per heavy atom. The highest BCUT2D eigenvalue weighted by Gasteiger charge is 2.30. The number of H-pyrrole nitrogens is 1. The maximum Gasteiger partial charge on any atom is 0.416 e. The lowest BCUT2D eigenvalue weighted by Crippen LogP contribution is -2.25. The van der Waals surface area contributed by atoms with E-state index in [4.69, 9.17) is 0 Å². The first-order chi connectivity index (χ1) is 14.4. The molecule has 9 heteroatoms. The van der Waals surface area contributed by atoms with E-state index in [1.807, 2.05) is 6.92 Å². The van der Waals surface area contributed by atoms with Gasteiger partial charge in [-0.25, -0.2) is 4.98 Å². The molecule has 0 amide bonds. The van der Waals surface area contributed by atoms with E-state index in [0.717, 1.165) is 50.1 Å². The standard InChI is InChI=1S/C21H24F3N5O/c1-2-10-29-19(30)16-18(27-17(26-16)14-7-3-4-8-14)28-20(29)25-12-13-6-5-9-15(11-13)21(22,23)24/h5-6,9,11,14H,2-4,7-8,10,12H2,1H3,(H,25,28)(H,26,27). The van der Waals surface area contributed by atoms with Gasteiger partial charge in [-0.15, -0.1) is 0 Å². The van der Waals surface area contributed by atoms with Crippen LogP contribution in [0, 0.1) is 0 Å². The molecule has 0 saturated heterocycles. The predicted octanol–water partition coefficient (Wildman–Crippen LogP) is 4.82. The van der Waals surface area contributed by atoms with Crippen LogP contribution in [0.4, 0.5) is 19.1 Å². The van der Waals surface area contributed by atoms with Crippen LogP contribution in [-0.2, 0) is 19.3 Å². The van der Waals surface area contributed by atoms with Gasteiger partial charge < -0.3 is 10.3 Å². The van der Waals surface area contributed by atoms with Gasteiger partial charge in [0.05, 0.1) is 5.56 Å². The molecule has 0 atom stereocenters. The summed E-state index contributed by atoms with van der Waals surface area (Å²) >= 11 is 0. The lowest BCUT2D eigenvalue weighted by atomic mass is 10.1. The van der Waals surface area contributed by atoms with Gasteiger partial charge in [0.25, 0.3) is 5.56 Å². The van der Waals surface area contributed by atoms with Gasteiger partial charge in [-0.1, -0.05) is 31.9 Å². The summed E-state index contributed by atoms with van der Waals surface area (Å²) in [5.74, 6) is 1.43. The minimum Gasteiger partial charge on any atom is -0.351 e. The van der Waals surface area contributed by atoms with Crippen molar-refractivity contribution < 1.29 is 13.2 Å². The van der Waals surface area contributed by atoms with Crippen molar-refractivity contribution in [1.29, 1.82) is 0 Å². The number of nitrogens with zero attached hydrogens (tertiary/aromatic N) is 3. The quantitative estimate of drug-likeness (QED) is 0.601. The van der Waals surface area contributed by atoms with Crippen molar-refractivity contribution in [3.8, 4) is 0 Å². The van der Waals surface area contributed by atoms with Crippen molar-refractivity contribution in [3.63, 3.8) is 0 Å². The number of anilines is 1. The number of benzene rings is 1. The first-order valence-corrected chi connectivity index (χ1v) is 10.3. The molecule has 6 nitrogen and oxygen atoms in total. The largest absolute Gasteiger partial charge is 0.416 e. The first-order valence-electron chi connectivity index (χ1n) is 10.3. The minimum atomic E-state index is -4.40. The topological polar surface area (TPSA) is 75.6 Å². The molecule has 0 aliphatic heterocycles. The lowest BCUT2D eigenvalue weighted by Gasteiger charge is -2.13. The summed E-state index contributed by atoms with van der Waals surface area (Å²) in [5.41, 5.74) is 0.265. The van der Waals surface area contributed by atoms with Crippen LogP contribution in [0.15, 0.2) is 29.1 Å². The molecule has 0 bridgehead atoms. The van der Waals surface area contributed by atoms with Crippen molar-refractivity contribution in [1.82, 2.24) is 19.5 Å². The van der Waals surface area contributed by atoms with Crippen LogP contribution in [-0.4, -0.2) is 19.5 Å². The van der Waals surface area contributed by atoms with Crippen molar-refractivity contribution in [2.75, 3.05) is 5.32 Å². The third-order valence-electron chi connectivity index (χ3n) is 5.52. The molecule has 0 spiro atoms. The molecule has 1 aromatic carbocycles. The van der Waals surface area contributed by atoms with Gasteiger partial charge >= 0.3 is 6.18 Å². The van der Waals surface area contributed by atoms with E-state index < -0.39 is 11.7 Å². The average molecular weight is 419 g/mol. The molecule has 0 radical (unpaired) electrons. The summed E-state index contributed by atoms with van der Waals surface area (Å²) in [6, 6.07) is 5.11. The Kier molecular flexibility index (Phi) is 5.53. The molecule has 1 saturated carbocycles. The molecule has 160 valence electrons. The average Bonchev–Trinajstić information content (AvgIpc) is 3.38. The molecule has 2 N–H and O–H groups in total. The minimum absolute atomic E-state index is 0.117. The number of aromatic amines is 1. The van der Waals surface area contributed by atoms with Crippen LogP contribution >= 0.6 is 0 Å². The third-order valence-corrected chi connectivity index (χ3v) is 5.52. The number of rotatable bonds is 6. The van der Waals surface area contributed by atoms with E-state index in [0.29, 0.717) is 35.1 Å². The Morgan fingerprint density at radius 1 is 1.23 bits per heavy atom.